The maximum atomic E-state index is 5.51. The Morgan fingerprint density at radius 2 is 2.20 bits per heavy atom. The van der Waals surface area contributed by atoms with Crippen molar-refractivity contribution in [3.63, 3.8) is 0 Å². The third kappa shape index (κ3) is 4.42. The molecule has 1 aromatic rings. The van der Waals surface area contributed by atoms with Crippen molar-refractivity contribution >= 4 is 5.96 Å². The third-order valence-corrected chi connectivity index (χ3v) is 3.64. The number of benzene rings is 1. The van der Waals surface area contributed by atoms with Crippen LogP contribution in [0.5, 0.6) is 5.75 Å². The number of hydrogen-bond donors (Lipinski definition) is 3. The summed E-state index contributed by atoms with van der Waals surface area (Å²) in [6, 6.07) is 8.58. The molecule has 5 nitrogen and oxygen atoms in total. The predicted molar refractivity (Wildman–Crippen MR) is 81.7 cm³/mol. The number of ether oxygens (including phenoxy) is 1. The van der Waals surface area contributed by atoms with E-state index in [-0.39, 0.29) is 0 Å². The maximum absolute atomic E-state index is 5.51. The van der Waals surface area contributed by atoms with Crippen molar-refractivity contribution in [2.45, 2.75) is 38.1 Å². The summed E-state index contributed by atoms with van der Waals surface area (Å²) in [5.41, 5.74) is 3.87. The minimum Gasteiger partial charge on any atom is -0.497 e. The highest BCUT2D eigenvalue weighted by molar-refractivity contribution is 5.79. The van der Waals surface area contributed by atoms with Gasteiger partial charge in [-0.25, -0.2) is 5.84 Å². The third-order valence-electron chi connectivity index (χ3n) is 3.64. The molecule has 1 aliphatic rings. The van der Waals surface area contributed by atoms with Gasteiger partial charge in [-0.05, 0) is 37.0 Å². The van der Waals surface area contributed by atoms with Gasteiger partial charge in [-0.15, -0.1) is 0 Å². The molecular formula is C15H24N4O. The van der Waals surface area contributed by atoms with Crippen molar-refractivity contribution < 1.29 is 4.74 Å². The zero-order valence-electron chi connectivity index (χ0n) is 12.1. The molecule has 0 spiro atoms. The molecule has 0 heterocycles. The summed E-state index contributed by atoms with van der Waals surface area (Å²) in [6.07, 6.45) is 5.86. The number of nitrogens with one attached hydrogen (secondary N) is 2. The second-order valence-electron chi connectivity index (χ2n) is 5.10. The van der Waals surface area contributed by atoms with Gasteiger partial charge < -0.3 is 10.1 Å². The first kappa shape index (κ1) is 14.7. The van der Waals surface area contributed by atoms with Crippen molar-refractivity contribution in [2.24, 2.45) is 10.8 Å². The molecule has 0 aliphatic heterocycles. The van der Waals surface area contributed by atoms with Crippen molar-refractivity contribution in [2.75, 3.05) is 13.7 Å². The highest BCUT2D eigenvalue weighted by Crippen LogP contribution is 2.17. The van der Waals surface area contributed by atoms with Gasteiger partial charge in [0.1, 0.15) is 5.75 Å². The van der Waals surface area contributed by atoms with Crippen molar-refractivity contribution in [3.8, 4) is 5.75 Å². The second kappa shape index (κ2) is 7.75. The van der Waals surface area contributed by atoms with Gasteiger partial charge in [-0.3, -0.25) is 10.4 Å². The van der Waals surface area contributed by atoms with E-state index in [2.05, 4.69) is 21.8 Å². The summed E-state index contributed by atoms with van der Waals surface area (Å²) < 4.78 is 5.21. The summed E-state index contributed by atoms with van der Waals surface area (Å²) in [4.78, 5) is 4.49. The first-order valence-electron chi connectivity index (χ1n) is 7.22. The van der Waals surface area contributed by atoms with E-state index in [9.17, 15) is 0 Å². The van der Waals surface area contributed by atoms with Crippen molar-refractivity contribution in [1.82, 2.24) is 10.7 Å². The second-order valence-corrected chi connectivity index (χ2v) is 5.10. The van der Waals surface area contributed by atoms with E-state index in [0.717, 1.165) is 12.2 Å². The number of nitrogens with zero attached hydrogens (tertiary/aromatic N) is 1. The Morgan fingerprint density at radius 1 is 1.40 bits per heavy atom. The van der Waals surface area contributed by atoms with Crippen LogP contribution in [-0.2, 0) is 6.42 Å². The van der Waals surface area contributed by atoms with Crippen LogP contribution in [0.3, 0.4) is 0 Å². The van der Waals surface area contributed by atoms with Crippen LogP contribution >= 0.6 is 0 Å². The van der Waals surface area contributed by atoms with Gasteiger partial charge >= 0.3 is 0 Å². The SMILES string of the molecule is COc1cccc(CCN=C(NN)NC2CCCC2)c1. The van der Waals surface area contributed by atoms with E-state index < -0.39 is 0 Å². The summed E-state index contributed by atoms with van der Waals surface area (Å²) in [5, 5.41) is 3.36. The molecule has 2 rings (SSSR count). The Balaban J connectivity index is 1.83. The Morgan fingerprint density at radius 3 is 2.90 bits per heavy atom. The minimum atomic E-state index is 0.515. The van der Waals surface area contributed by atoms with Crippen LogP contribution in [0.1, 0.15) is 31.2 Å². The topological polar surface area (TPSA) is 71.7 Å². The van der Waals surface area contributed by atoms with Crippen LogP contribution in [0.2, 0.25) is 0 Å². The predicted octanol–water partition coefficient (Wildman–Crippen LogP) is 1.59. The molecule has 1 aromatic carbocycles. The molecule has 0 amide bonds. The monoisotopic (exact) mass is 276 g/mol. The zero-order chi connectivity index (χ0) is 14.2. The lowest BCUT2D eigenvalue weighted by molar-refractivity contribution is 0.414. The van der Waals surface area contributed by atoms with Crippen molar-refractivity contribution in [1.29, 1.82) is 0 Å². The van der Waals surface area contributed by atoms with E-state index >= 15 is 0 Å². The highest BCUT2D eigenvalue weighted by atomic mass is 16.5. The number of rotatable bonds is 5. The molecule has 0 saturated heterocycles. The molecule has 5 heteroatoms. The molecule has 4 N–H and O–H groups in total. The molecule has 0 unspecified atom stereocenters. The van der Waals surface area contributed by atoms with Crippen LogP contribution in [0.4, 0.5) is 0 Å². The van der Waals surface area contributed by atoms with E-state index in [1.807, 2.05) is 18.2 Å². The number of aliphatic imine (C=N–C) groups is 1. The van der Waals surface area contributed by atoms with Gasteiger partial charge in [0.2, 0.25) is 5.96 Å². The summed E-state index contributed by atoms with van der Waals surface area (Å²) in [5.74, 6) is 7.09. The van der Waals surface area contributed by atoms with Gasteiger partial charge in [0.05, 0.1) is 7.11 Å². The van der Waals surface area contributed by atoms with Gasteiger partial charge in [0.15, 0.2) is 0 Å². The molecule has 1 fully saturated rings. The molecule has 1 aliphatic carbocycles. The molecule has 20 heavy (non-hydrogen) atoms. The van der Waals surface area contributed by atoms with E-state index in [4.69, 9.17) is 10.6 Å². The van der Waals surface area contributed by atoms with E-state index in [0.29, 0.717) is 18.5 Å². The van der Waals surface area contributed by atoms with Crippen LogP contribution in [0.25, 0.3) is 0 Å². The fourth-order valence-electron chi connectivity index (χ4n) is 2.52. The fraction of sp³-hybridized carbons (Fsp3) is 0.533. The van der Waals surface area contributed by atoms with Gasteiger partial charge in [0.25, 0.3) is 0 Å². The number of guanidine groups is 1. The Kier molecular flexibility index (Phi) is 5.68. The van der Waals surface area contributed by atoms with Crippen LogP contribution in [0.15, 0.2) is 29.3 Å². The van der Waals surface area contributed by atoms with Crippen LogP contribution in [0, 0.1) is 0 Å². The minimum absolute atomic E-state index is 0.515. The lowest BCUT2D eigenvalue weighted by Crippen LogP contribution is -2.45. The zero-order valence-corrected chi connectivity index (χ0v) is 12.1. The van der Waals surface area contributed by atoms with Crippen LogP contribution < -0.4 is 21.3 Å². The standard InChI is InChI=1S/C15H24N4O/c1-20-14-8-4-5-12(11-14)9-10-17-15(19-16)18-13-6-2-3-7-13/h4-5,8,11,13H,2-3,6-7,9-10,16H2,1H3,(H2,17,18,19). The quantitative estimate of drug-likeness (QED) is 0.330. The summed E-state index contributed by atoms with van der Waals surface area (Å²) >= 11 is 0. The molecule has 0 radical (unpaired) electrons. The summed E-state index contributed by atoms with van der Waals surface area (Å²) in [6.45, 7) is 0.701. The first-order chi connectivity index (χ1) is 9.81. The average Bonchev–Trinajstić information content (AvgIpc) is 2.99. The van der Waals surface area contributed by atoms with Gasteiger partial charge in [0, 0.05) is 12.6 Å². The first-order valence-corrected chi connectivity index (χ1v) is 7.22. The molecule has 0 atom stereocenters. The number of hydrazine groups is 1. The number of hydrogen-bond acceptors (Lipinski definition) is 3. The molecular weight excluding hydrogens is 252 g/mol. The van der Waals surface area contributed by atoms with E-state index in [1.54, 1.807) is 7.11 Å². The summed E-state index contributed by atoms with van der Waals surface area (Å²) in [7, 11) is 1.68. The Bertz CT molecular complexity index is 441. The molecule has 0 aromatic heterocycles. The fourth-order valence-corrected chi connectivity index (χ4v) is 2.52. The lowest BCUT2D eigenvalue weighted by atomic mass is 10.1. The normalized spacial score (nSPS) is 16.2. The maximum Gasteiger partial charge on any atom is 0.205 e. The molecule has 0 bridgehead atoms. The smallest absolute Gasteiger partial charge is 0.205 e. The van der Waals surface area contributed by atoms with Gasteiger partial charge in [-0.1, -0.05) is 25.0 Å². The van der Waals surface area contributed by atoms with Crippen molar-refractivity contribution in [3.05, 3.63) is 29.8 Å². The van der Waals surface area contributed by atoms with Gasteiger partial charge in [-0.2, -0.15) is 0 Å². The Hall–Kier alpha value is -1.75. The van der Waals surface area contributed by atoms with E-state index in [1.165, 1.54) is 31.2 Å². The molecule has 1 saturated carbocycles. The molecule has 110 valence electrons. The number of nitrogens with two attached hydrogens (primary N) is 1. The average molecular weight is 276 g/mol. The highest BCUT2D eigenvalue weighted by Gasteiger charge is 2.15. The largest absolute Gasteiger partial charge is 0.497 e. The van der Waals surface area contributed by atoms with Crippen LogP contribution in [-0.4, -0.2) is 25.7 Å². The lowest BCUT2D eigenvalue weighted by Gasteiger charge is -2.15. The number of methoxy groups -OCH3 is 1. The Labute approximate surface area is 120 Å².